The smallest absolute Gasteiger partial charge is 0.253 e. The van der Waals surface area contributed by atoms with Crippen molar-refractivity contribution >= 4 is 17.6 Å². The zero-order valence-electron chi connectivity index (χ0n) is 18.8. The molecular weight excluding hydrogens is 435 g/mol. The zero-order chi connectivity index (χ0) is 23.7. The average molecular weight is 463 g/mol. The van der Waals surface area contributed by atoms with Crippen LogP contribution in [0.3, 0.4) is 0 Å². The molecule has 0 aliphatic carbocycles. The van der Waals surface area contributed by atoms with Gasteiger partial charge in [-0.15, -0.1) is 0 Å². The first-order valence-electron chi connectivity index (χ1n) is 11.6. The maximum Gasteiger partial charge on any atom is 0.253 e. The number of pyridine rings is 1. The van der Waals surface area contributed by atoms with Crippen LogP contribution in [0.25, 0.3) is 22.5 Å². The third-order valence-electron chi connectivity index (χ3n) is 6.45. The molecule has 4 N–H and O–H groups in total. The maximum atomic E-state index is 14.8. The van der Waals surface area contributed by atoms with Gasteiger partial charge in [-0.25, -0.2) is 4.39 Å². The number of nitrogens with two attached hydrogens (primary N) is 1. The van der Waals surface area contributed by atoms with E-state index in [2.05, 4.69) is 20.2 Å². The Kier molecular flexibility index (Phi) is 6.02. The summed E-state index contributed by atoms with van der Waals surface area (Å²) in [5, 5.41) is 3.29. The van der Waals surface area contributed by atoms with Gasteiger partial charge in [0.25, 0.3) is 11.8 Å². The normalized spacial score (nSPS) is 16.1. The second-order valence-corrected chi connectivity index (χ2v) is 8.67. The molecule has 0 atom stereocenters. The fraction of sp³-hybridized carbons (Fsp3) is 0.320. The van der Waals surface area contributed by atoms with Gasteiger partial charge in [-0.2, -0.15) is 0 Å². The number of anilines is 1. The van der Waals surface area contributed by atoms with Crippen LogP contribution in [0, 0.1) is 5.82 Å². The summed E-state index contributed by atoms with van der Waals surface area (Å²) < 4.78 is 14.8. The molecule has 2 saturated heterocycles. The minimum absolute atomic E-state index is 0.0916. The fourth-order valence-corrected chi connectivity index (χ4v) is 4.63. The van der Waals surface area contributed by atoms with Crippen molar-refractivity contribution < 1.29 is 14.0 Å². The molecule has 4 heterocycles. The number of carbonyl (C=O) groups excluding carboxylic acids is 2. The highest BCUT2D eigenvalue weighted by Gasteiger charge is 2.23. The molecule has 8 nitrogen and oxygen atoms in total. The molecule has 0 saturated carbocycles. The summed E-state index contributed by atoms with van der Waals surface area (Å²) in [7, 11) is 0. The number of aromatic amines is 1. The van der Waals surface area contributed by atoms with Crippen LogP contribution in [-0.2, 0) is 0 Å². The first-order valence-corrected chi connectivity index (χ1v) is 11.6. The SMILES string of the molecule is NC(=O)c1cc(-c2ccnc(-c3cc(C(=O)N4CCCC4)ccc3F)c2)[nH]c1N1CCNCC1. The molecule has 0 bridgehead atoms. The molecular formula is C25H27FN6O2. The number of halogens is 1. The number of aromatic nitrogens is 2. The molecule has 0 unspecified atom stereocenters. The van der Waals surface area contributed by atoms with Gasteiger partial charge in [-0.1, -0.05) is 0 Å². The lowest BCUT2D eigenvalue weighted by atomic mass is 10.0. The number of piperazine rings is 1. The number of nitrogens with zero attached hydrogens (tertiary/aromatic N) is 3. The van der Waals surface area contributed by atoms with Crippen molar-refractivity contribution in [1.82, 2.24) is 20.2 Å². The second kappa shape index (κ2) is 9.26. The summed E-state index contributed by atoms with van der Waals surface area (Å²) in [5.74, 6) is -0.365. The van der Waals surface area contributed by atoms with E-state index in [4.69, 9.17) is 5.73 Å². The molecule has 1 aromatic carbocycles. The molecule has 2 amide bonds. The van der Waals surface area contributed by atoms with Gasteiger partial charge in [-0.05, 0) is 49.2 Å². The van der Waals surface area contributed by atoms with E-state index >= 15 is 0 Å². The van der Waals surface area contributed by atoms with Gasteiger partial charge in [0.15, 0.2) is 0 Å². The van der Waals surface area contributed by atoms with E-state index in [0.29, 0.717) is 28.3 Å². The molecule has 9 heteroatoms. The molecule has 5 rings (SSSR count). The predicted octanol–water partition coefficient (Wildman–Crippen LogP) is 2.63. The predicted molar refractivity (Wildman–Crippen MR) is 128 cm³/mol. The van der Waals surface area contributed by atoms with Crippen molar-refractivity contribution in [1.29, 1.82) is 0 Å². The molecule has 176 valence electrons. The van der Waals surface area contributed by atoms with Crippen molar-refractivity contribution in [3.63, 3.8) is 0 Å². The van der Waals surface area contributed by atoms with Crippen LogP contribution in [0.4, 0.5) is 10.2 Å². The zero-order valence-corrected chi connectivity index (χ0v) is 18.8. The second-order valence-electron chi connectivity index (χ2n) is 8.67. The van der Waals surface area contributed by atoms with Crippen LogP contribution in [0.2, 0.25) is 0 Å². The first-order chi connectivity index (χ1) is 16.5. The molecule has 0 radical (unpaired) electrons. The van der Waals surface area contributed by atoms with Crippen LogP contribution in [0.1, 0.15) is 33.6 Å². The summed E-state index contributed by atoms with van der Waals surface area (Å²) in [4.78, 5) is 36.5. The highest BCUT2D eigenvalue weighted by atomic mass is 19.1. The van der Waals surface area contributed by atoms with Gasteiger partial charge in [0, 0.05) is 67.8 Å². The molecule has 3 aromatic rings. The van der Waals surface area contributed by atoms with Crippen molar-refractivity contribution in [3.05, 3.63) is 59.5 Å². The van der Waals surface area contributed by atoms with Gasteiger partial charge < -0.3 is 25.8 Å². The van der Waals surface area contributed by atoms with Crippen molar-refractivity contribution in [2.24, 2.45) is 5.73 Å². The highest BCUT2D eigenvalue weighted by Crippen LogP contribution is 2.31. The van der Waals surface area contributed by atoms with Gasteiger partial charge in [0.05, 0.1) is 11.3 Å². The van der Waals surface area contributed by atoms with Gasteiger partial charge >= 0.3 is 0 Å². The lowest BCUT2D eigenvalue weighted by molar-refractivity contribution is 0.0792. The summed E-state index contributed by atoms with van der Waals surface area (Å²) in [5.41, 5.74) is 8.61. The Morgan fingerprint density at radius 1 is 1.00 bits per heavy atom. The number of nitrogens with one attached hydrogen (secondary N) is 2. The molecule has 2 aliphatic rings. The van der Waals surface area contributed by atoms with E-state index in [1.807, 2.05) is 0 Å². The number of hydrogen-bond acceptors (Lipinski definition) is 5. The Bertz CT molecular complexity index is 1230. The lowest BCUT2D eigenvalue weighted by Crippen LogP contribution is -2.44. The largest absolute Gasteiger partial charge is 0.365 e. The summed E-state index contributed by atoms with van der Waals surface area (Å²) in [6, 6.07) is 9.67. The molecule has 2 aliphatic heterocycles. The van der Waals surface area contributed by atoms with Gasteiger partial charge in [-0.3, -0.25) is 14.6 Å². The van der Waals surface area contributed by atoms with Crippen LogP contribution < -0.4 is 16.0 Å². The van der Waals surface area contributed by atoms with Gasteiger partial charge in [0.1, 0.15) is 11.6 Å². The van der Waals surface area contributed by atoms with Crippen LogP contribution in [0.5, 0.6) is 0 Å². The Morgan fingerprint density at radius 3 is 2.50 bits per heavy atom. The van der Waals surface area contributed by atoms with Crippen molar-refractivity contribution in [3.8, 4) is 22.5 Å². The summed E-state index contributed by atoms with van der Waals surface area (Å²) in [6.07, 6.45) is 3.57. The van der Waals surface area contributed by atoms with Crippen LogP contribution in [-0.4, -0.2) is 66.0 Å². The number of carbonyl (C=O) groups is 2. The van der Waals surface area contributed by atoms with Crippen LogP contribution in [0.15, 0.2) is 42.6 Å². The summed E-state index contributed by atoms with van der Waals surface area (Å²) in [6.45, 7) is 4.60. The van der Waals surface area contributed by atoms with E-state index in [9.17, 15) is 14.0 Å². The maximum absolute atomic E-state index is 14.8. The number of hydrogen-bond donors (Lipinski definition) is 3. The monoisotopic (exact) mass is 462 g/mol. The Labute approximate surface area is 197 Å². The minimum atomic E-state index is -0.510. The molecule has 2 aromatic heterocycles. The van der Waals surface area contributed by atoms with Gasteiger partial charge in [0.2, 0.25) is 0 Å². The standard InChI is InChI=1S/C25H27FN6O2/c26-20-4-3-17(25(34)32-9-1-2-10-32)13-18(20)22-14-16(5-6-29-22)21-15-19(23(27)33)24(30-21)31-11-7-28-8-12-31/h3-6,13-15,28,30H,1-2,7-12H2,(H2,27,33). The third-order valence-corrected chi connectivity index (χ3v) is 6.45. The van der Waals surface area contributed by atoms with E-state index in [0.717, 1.165) is 57.7 Å². The summed E-state index contributed by atoms with van der Waals surface area (Å²) >= 11 is 0. The molecule has 2 fully saturated rings. The third kappa shape index (κ3) is 4.26. The number of amides is 2. The number of primary amides is 1. The van der Waals surface area contributed by atoms with Crippen molar-refractivity contribution in [2.45, 2.75) is 12.8 Å². The Balaban J connectivity index is 1.49. The number of rotatable bonds is 5. The topological polar surface area (TPSA) is 107 Å². The first kappa shape index (κ1) is 22.1. The average Bonchev–Trinajstić information content (AvgIpc) is 3.55. The fourth-order valence-electron chi connectivity index (χ4n) is 4.63. The molecule has 34 heavy (non-hydrogen) atoms. The minimum Gasteiger partial charge on any atom is -0.365 e. The Morgan fingerprint density at radius 2 is 1.76 bits per heavy atom. The van der Waals surface area contributed by atoms with E-state index in [-0.39, 0.29) is 11.5 Å². The highest BCUT2D eigenvalue weighted by molar-refractivity contribution is 6.00. The molecule has 0 spiro atoms. The Hall–Kier alpha value is -3.72. The lowest BCUT2D eigenvalue weighted by Gasteiger charge is -2.28. The quantitative estimate of drug-likeness (QED) is 0.540. The van der Waals surface area contributed by atoms with E-state index in [1.54, 1.807) is 35.4 Å². The number of likely N-dealkylation sites (tertiary alicyclic amines) is 1. The van der Waals surface area contributed by atoms with E-state index < -0.39 is 11.7 Å². The van der Waals surface area contributed by atoms with E-state index in [1.165, 1.54) is 12.1 Å². The number of H-pyrrole nitrogens is 1. The number of benzene rings is 1. The van der Waals surface area contributed by atoms with Crippen molar-refractivity contribution in [2.75, 3.05) is 44.2 Å². The van der Waals surface area contributed by atoms with Crippen LogP contribution >= 0.6 is 0 Å².